The number of benzene rings is 2. The first-order valence-electron chi connectivity index (χ1n) is 12.6. The van der Waals surface area contributed by atoms with Crippen molar-refractivity contribution in [3.63, 3.8) is 0 Å². The molecule has 6 rings (SSSR count). The number of sulfone groups is 1. The Bertz CT molecular complexity index is 1740. The van der Waals surface area contributed by atoms with Crippen molar-refractivity contribution in [3.05, 3.63) is 72.1 Å². The number of fused-ring (bicyclic) bond motifs is 3. The third kappa shape index (κ3) is 4.17. The maximum Gasteiger partial charge on any atom is 0.175 e. The van der Waals surface area contributed by atoms with Crippen LogP contribution in [0.5, 0.6) is 0 Å². The number of aromatic nitrogens is 5. The highest BCUT2D eigenvalue weighted by Crippen LogP contribution is 2.41. The lowest BCUT2D eigenvalue weighted by Gasteiger charge is -2.33. The lowest BCUT2D eigenvalue weighted by atomic mass is 9.86. The van der Waals surface area contributed by atoms with Crippen LogP contribution in [0.15, 0.2) is 65.7 Å². The second kappa shape index (κ2) is 9.59. The molecular formula is C28H28FN5O3S. The Kier molecular flexibility index (Phi) is 6.23. The van der Waals surface area contributed by atoms with Gasteiger partial charge in [-0.3, -0.25) is 4.98 Å². The number of pyridine rings is 1. The normalized spacial score (nSPS) is 15.9. The lowest BCUT2D eigenvalue weighted by Crippen LogP contribution is -2.27. The third-order valence-electron chi connectivity index (χ3n) is 7.47. The molecule has 0 saturated carbocycles. The van der Waals surface area contributed by atoms with Gasteiger partial charge in [-0.1, -0.05) is 35.5 Å². The van der Waals surface area contributed by atoms with Crippen LogP contribution in [0.4, 0.5) is 4.39 Å². The number of rotatable bonds is 6. The molecule has 0 spiro atoms. The van der Waals surface area contributed by atoms with Crippen LogP contribution < -0.4 is 0 Å². The van der Waals surface area contributed by atoms with E-state index in [1.54, 1.807) is 30.1 Å². The fourth-order valence-electron chi connectivity index (χ4n) is 5.70. The standard InChI is InChI=1S/C28H28FN5O3S/c1-33-28(23(16-29)31-32-33)20-14-25-26(30-17-20)22-9-8-21(38(2,35)36)15-24(22)34(25)27(18-6-4-3-5-7-18)19-10-12-37-13-11-19/h3-9,14-15,17,19,27H,10-13,16H2,1-2H3. The smallest absolute Gasteiger partial charge is 0.175 e. The average Bonchev–Trinajstić information content (AvgIpc) is 3.46. The van der Waals surface area contributed by atoms with Gasteiger partial charge in [-0.05, 0) is 48.6 Å². The molecule has 0 N–H and O–H groups in total. The maximum atomic E-state index is 13.8. The van der Waals surface area contributed by atoms with Crippen molar-refractivity contribution in [2.45, 2.75) is 30.5 Å². The Morgan fingerprint density at radius 2 is 1.84 bits per heavy atom. The molecule has 0 bridgehead atoms. The van der Waals surface area contributed by atoms with Gasteiger partial charge in [0.25, 0.3) is 0 Å². The molecule has 196 valence electrons. The summed E-state index contributed by atoms with van der Waals surface area (Å²) < 4.78 is 48.4. The summed E-state index contributed by atoms with van der Waals surface area (Å²) in [5, 5.41) is 8.85. The van der Waals surface area contributed by atoms with Gasteiger partial charge in [0.15, 0.2) is 9.84 Å². The molecule has 38 heavy (non-hydrogen) atoms. The first-order chi connectivity index (χ1) is 18.4. The first-order valence-corrected chi connectivity index (χ1v) is 14.5. The van der Waals surface area contributed by atoms with Gasteiger partial charge in [-0.25, -0.2) is 17.5 Å². The molecule has 4 heterocycles. The van der Waals surface area contributed by atoms with Gasteiger partial charge in [0, 0.05) is 43.7 Å². The summed E-state index contributed by atoms with van der Waals surface area (Å²) in [6.07, 6.45) is 4.67. The van der Waals surface area contributed by atoms with Crippen molar-refractivity contribution in [2.24, 2.45) is 13.0 Å². The summed E-state index contributed by atoms with van der Waals surface area (Å²) in [4.78, 5) is 5.08. The summed E-state index contributed by atoms with van der Waals surface area (Å²) in [6.45, 7) is 0.601. The molecule has 1 aliphatic heterocycles. The van der Waals surface area contributed by atoms with Crippen LogP contribution in [0.3, 0.4) is 0 Å². The van der Waals surface area contributed by atoms with Gasteiger partial charge in [0.2, 0.25) is 0 Å². The molecule has 1 saturated heterocycles. The van der Waals surface area contributed by atoms with Crippen LogP contribution in [0.1, 0.15) is 30.1 Å². The van der Waals surface area contributed by atoms with E-state index in [0.29, 0.717) is 24.5 Å². The minimum absolute atomic E-state index is 0.0859. The highest BCUT2D eigenvalue weighted by Gasteiger charge is 2.31. The van der Waals surface area contributed by atoms with E-state index >= 15 is 0 Å². The highest BCUT2D eigenvalue weighted by molar-refractivity contribution is 7.90. The molecule has 1 unspecified atom stereocenters. The molecule has 1 fully saturated rings. The van der Waals surface area contributed by atoms with E-state index in [2.05, 4.69) is 27.0 Å². The van der Waals surface area contributed by atoms with Crippen molar-refractivity contribution < 1.29 is 17.5 Å². The Labute approximate surface area is 220 Å². The molecule has 0 radical (unpaired) electrons. The molecule has 1 aliphatic rings. The van der Waals surface area contributed by atoms with Crippen molar-refractivity contribution in [2.75, 3.05) is 19.5 Å². The maximum absolute atomic E-state index is 13.8. The van der Waals surface area contributed by atoms with Crippen LogP contribution in [0, 0.1) is 5.92 Å². The largest absolute Gasteiger partial charge is 0.381 e. The van der Waals surface area contributed by atoms with Gasteiger partial charge in [0.05, 0.1) is 33.2 Å². The zero-order chi connectivity index (χ0) is 26.4. The summed E-state index contributed by atoms with van der Waals surface area (Å²) in [7, 11) is -1.71. The quantitative estimate of drug-likeness (QED) is 0.309. The zero-order valence-corrected chi connectivity index (χ0v) is 22.0. The van der Waals surface area contributed by atoms with Crippen molar-refractivity contribution in [3.8, 4) is 11.3 Å². The van der Waals surface area contributed by atoms with Gasteiger partial charge in [-0.15, -0.1) is 5.10 Å². The highest BCUT2D eigenvalue weighted by atomic mass is 32.2. The minimum Gasteiger partial charge on any atom is -0.381 e. The van der Waals surface area contributed by atoms with E-state index in [4.69, 9.17) is 9.72 Å². The number of nitrogens with zero attached hydrogens (tertiary/aromatic N) is 5. The fraction of sp³-hybridized carbons (Fsp3) is 0.321. The molecule has 0 aliphatic carbocycles. The number of ether oxygens (including phenoxy) is 1. The van der Waals surface area contributed by atoms with Gasteiger partial charge < -0.3 is 9.30 Å². The number of aryl methyl sites for hydroxylation is 1. The second-order valence-corrected chi connectivity index (χ2v) is 11.9. The molecule has 3 aromatic heterocycles. The molecule has 10 heteroatoms. The van der Waals surface area contributed by atoms with Gasteiger partial charge >= 0.3 is 0 Å². The summed E-state index contributed by atoms with van der Waals surface area (Å²) in [5.41, 5.74) is 5.03. The Morgan fingerprint density at radius 1 is 1.08 bits per heavy atom. The van der Waals surface area contributed by atoms with E-state index in [9.17, 15) is 12.8 Å². The van der Waals surface area contributed by atoms with E-state index in [0.717, 1.165) is 40.3 Å². The predicted octanol–water partition coefficient (Wildman–Crippen LogP) is 4.87. The molecule has 1 atom stereocenters. The monoisotopic (exact) mass is 533 g/mol. The van der Waals surface area contributed by atoms with Crippen molar-refractivity contribution in [1.29, 1.82) is 0 Å². The minimum atomic E-state index is -3.44. The Hall–Kier alpha value is -3.63. The van der Waals surface area contributed by atoms with Crippen LogP contribution in [-0.2, 0) is 28.3 Å². The van der Waals surface area contributed by atoms with Crippen molar-refractivity contribution in [1.82, 2.24) is 24.5 Å². The van der Waals surface area contributed by atoms with Gasteiger partial charge in [-0.2, -0.15) is 0 Å². The predicted molar refractivity (Wildman–Crippen MR) is 143 cm³/mol. The van der Waals surface area contributed by atoms with Crippen molar-refractivity contribution >= 4 is 31.8 Å². The van der Waals surface area contributed by atoms with E-state index in [1.165, 1.54) is 6.26 Å². The topological polar surface area (TPSA) is 91.9 Å². The average molecular weight is 534 g/mol. The number of hydrogen-bond acceptors (Lipinski definition) is 6. The molecule has 0 amide bonds. The number of hydrogen-bond donors (Lipinski definition) is 0. The number of alkyl halides is 1. The van der Waals surface area contributed by atoms with Crippen LogP contribution in [0.2, 0.25) is 0 Å². The molecular weight excluding hydrogens is 505 g/mol. The first kappa shape index (κ1) is 24.7. The Morgan fingerprint density at radius 3 is 2.55 bits per heavy atom. The molecule has 8 nitrogen and oxygen atoms in total. The molecule has 2 aromatic carbocycles. The zero-order valence-electron chi connectivity index (χ0n) is 21.2. The number of halogens is 1. The molecule has 5 aromatic rings. The summed E-state index contributed by atoms with van der Waals surface area (Å²) >= 11 is 0. The van der Waals surface area contributed by atoms with Gasteiger partial charge in [0.1, 0.15) is 12.4 Å². The van der Waals surface area contributed by atoms with Crippen LogP contribution >= 0.6 is 0 Å². The summed E-state index contributed by atoms with van der Waals surface area (Å²) in [5.74, 6) is 0.260. The lowest BCUT2D eigenvalue weighted by molar-refractivity contribution is 0.0553. The van der Waals surface area contributed by atoms with E-state index < -0.39 is 16.5 Å². The van der Waals surface area contributed by atoms with Crippen LogP contribution in [0.25, 0.3) is 33.2 Å². The van der Waals surface area contributed by atoms with E-state index in [1.807, 2.05) is 30.3 Å². The second-order valence-electron chi connectivity index (χ2n) is 9.86. The third-order valence-corrected chi connectivity index (χ3v) is 8.58. The van der Waals surface area contributed by atoms with Crippen LogP contribution in [-0.4, -0.2) is 52.4 Å². The fourth-order valence-corrected chi connectivity index (χ4v) is 6.34. The Balaban J connectivity index is 1.70. The SMILES string of the molecule is Cn1nnc(CF)c1-c1cnc2c3ccc(S(C)(=O)=O)cc3n(C(c3ccccc3)C3CCOCC3)c2c1. The summed E-state index contributed by atoms with van der Waals surface area (Å²) in [6, 6.07) is 17.4. The van der Waals surface area contributed by atoms with E-state index in [-0.39, 0.29) is 22.5 Å².